The number of hydrogen-bond acceptors (Lipinski definition) is 5. The lowest BCUT2D eigenvalue weighted by molar-refractivity contribution is 0.188. The average molecular weight is 274 g/mol. The highest BCUT2D eigenvalue weighted by molar-refractivity contribution is 7.89. The third-order valence-corrected chi connectivity index (χ3v) is 4.83. The number of sulfonamides is 1. The molecule has 1 aliphatic rings. The number of nitrogens with one attached hydrogen (secondary N) is 1. The van der Waals surface area contributed by atoms with Crippen molar-refractivity contribution < 1.29 is 13.5 Å². The summed E-state index contributed by atoms with van der Waals surface area (Å²) >= 11 is 0. The highest BCUT2D eigenvalue weighted by Crippen LogP contribution is 2.25. The minimum Gasteiger partial charge on any atom is -0.392 e. The minimum absolute atomic E-state index is 0.0698. The number of aliphatic hydroxyl groups excluding tert-OH is 1. The number of H-pyrrole nitrogens is 1. The summed E-state index contributed by atoms with van der Waals surface area (Å²) < 4.78 is 26.1. The Morgan fingerprint density at radius 3 is 2.89 bits per heavy atom. The Morgan fingerprint density at radius 2 is 2.33 bits per heavy atom. The van der Waals surface area contributed by atoms with Gasteiger partial charge in [0.05, 0.1) is 12.3 Å². The predicted molar refractivity (Wildman–Crippen MR) is 65.4 cm³/mol. The fourth-order valence-electron chi connectivity index (χ4n) is 2.26. The number of rotatable bonds is 4. The first-order chi connectivity index (χ1) is 8.41. The van der Waals surface area contributed by atoms with Gasteiger partial charge in [-0.1, -0.05) is 0 Å². The fourth-order valence-corrected chi connectivity index (χ4v) is 3.82. The molecular weight excluding hydrogens is 256 g/mol. The third-order valence-electron chi connectivity index (χ3n) is 2.98. The van der Waals surface area contributed by atoms with Crippen LogP contribution in [0.25, 0.3) is 0 Å². The van der Waals surface area contributed by atoms with Crippen molar-refractivity contribution in [1.29, 1.82) is 0 Å². The minimum atomic E-state index is -3.59. The molecule has 7 nitrogen and oxygen atoms in total. The zero-order chi connectivity index (χ0) is 13.3. The molecule has 0 aromatic carbocycles. The summed E-state index contributed by atoms with van der Waals surface area (Å²) in [6.07, 6.45) is 1.26. The van der Waals surface area contributed by atoms with Crippen molar-refractivity contribution in [2.75, 3.05) is 27.2 Å². The molecule has 1 fully saturated rings. The van der Waals surface area contributed by atoms with Gasteiger partial charge < -0.3 is 10.0 Å². The Balaban J connectivity index is 2.25. The molecule has 18 heavy (non-hydrogen) atoms. The van der Waals surface area contributed by atoms with Crippen LogP contribution in [0.4, 0.5) is 0 Å². The van der Waals surface area contributed by atoms with Crippen LogP contribution in [0.2, 0.25) is 0 Å². The first kappa shape index (κ1) is 13.5. The number of likely N-dealkylation sites (N-methyl/N-ethyl adjacent to an activating group) is 1. The predicted octanol–water partition coefficient (Wildman–Crippen LogP) is -0.905. The van der Waals surface area contributed by atoms with E-state index in [2.05, 4.69) is 10.2 Å². The zero-order valence-electron chi connectivity index (χ0n) is 10.4. The van der Waals surface area contributed by atoms with Gasteiger partial charge in [-0.25, -0.2) is 8.42 Å². The molecule has 0 spiro atoms. The molecule has 0 aliphatic carbocycles. The van der Waals surface area contributed by atoms with Crippen molar-refractivity contribution >= 4 is 10.0 Å². The molecule has 2 atom stereocenters. The lowest BCUT2D eigenvalue weighted by Gasteiger charge is -2.25. The first-order valence-corrected chi connectivity index (χ1v) is 7.19. The molecule has 1 aromatic rings. The van der Waals surface area contributed by atoms with E-state index in [1.807, 2.05) is 19.0 Å². The highest BCUT2D eigenvalue weighted by atomic mass is 32.2. The van der Waals surface area contributed by atoms with Gasteiger partial charge in [-0.05, 0) is 26.6 Å². The number of β-amino-alcohol motifs (C(OH)–C–C–N with tert-alkyl or cyclic N) is 1. The maximum atomic E-state index is 12.4. The summed E-state index contributed by atoms with van der Waals surface area (Å²) in [6, 6.07) is 1.22. The lowest BCUT2D eigenvalue weighted by atomic mass is 10.2. The van der Waals surface area contributed by atoms with Crippen molar-refractivity contribution in [1.82, 2.24) is 19.4 Å². The third kappa shape index (κ3) is 2.56. The van der Waals surface area contributed by atoms with Crippen molar-refractivity contribution in [2.45, 2.75) is 23.6 Å². The van der Waals surface area contributed by atoms with E-state index in [1.165, 1.54) is 16.6 Å². The van der Waals surface area contributed by atoms with Crippen LogP contribution >= 0.6 is 0 Å². The number of aromatic amines is 1. The monoisotopic (exact) mass is 274 g/mol. The molecule has 0 saturated carbocycles. The maximum Gasteiger partial charge on any atom is 0.260 e. The molecule has 8 heteroatoms. The maximum absolute atomic E-state index is 12.4. The van der Waals surface area contributed by atoms with E-state index >= 15 is 0 Å². The molecule has 2 unspecified atom stereocenters. The summed E-state index contributed by atoms with van der Waals surface area (Å²) in [4.78, 5) is 1.91. The summed E-state index contributed by atoms with van der Waals surface area (Å²) in [6.45, 7) is 0.726. The van der Waals surface area contributed by atoms with Crippen molar-refractivity contribution in [3.8, 4) is 0 Å². The number of nitrogens with zero attached hydrogens (tertiary/aromatic N) is 3. The molecule has 0 radical (unpaired) electrons. The van der Waals surface area contributed by atoms with E-state index in [1.54, 1.807) is 0 Å². The first-order valence-electron chi connectivity index (χ1n) is 5.75. The Morgan fingerprint density at radius 1 is 1.61 bits per heavy atom. The summed E-state index contributed by atoms with van der Waals surface area (Å²) in [5, 5.41) is 15.9. The molecule has 2 rings (SSSR count). The van der Waals surface area contributed by atoms with Crippen LogP contribution in [-0.2, 0) is 10.0 Å². The second-order valence-corrected chi connectivity index (χ2v) is 6.66. The molecule has 102 valence electrons. The van der Waals surface area contributed by atoms with Gasteiger partial charge in [0.15, 0.2) is 5.03 Å². The summed E-state index contributed by atoms with van der Waals surface area (Å²) in [5.74, 6) is 0. The SMILES string of the molecule is CN(C)CC1CC(O)CN1S(=O)(=O)c1ccn[nH]1. The van der Waals surface area contributed by atoms with E-state index in [4.69, 9.17) is 0 Å². The second kappa shape index (κ2) is 4.96. The number of aliphatic hydroxyl groups is 1. The summed E-state index contributed by atoms with van der Waals surface area (Å²) in [7, 11) is 0.167. The molecular formula is C10H18N4O3S. The van der Waals surface area contributed by atoms with E-state index in [0.29, 0.717) is 13.0 Å². The average Bonchev–Trinajstić information content (AvgIpc) is 2.86. The Bertz CT molecular complexity index is 485. The largest absolute Gasteiger partial charge is 0.392 e. The Kier molecular flexibility index (Phi) is 3.71. The van der Waals surface area contributed by atoms with Gasteiger partial charge in [0.2, 0.25) is 0 Å². The van der Waals surface area contributed by atoms with Crippen LogP contribution in [0.3, 0.4) is 0 Å². The topological polar surface area (TPSA) is 89.5 Å². The molecule has 2 N–H and O–H groups in total. The highest BCUT2D eigenvalue weighted by Gasteiger charge is 2.40. The summed E-state index contributed by atoms with van der Waals surface area (Å²) in [5.41, 5.74) is 0. The van der Waals surface area contributed by atoms with Gasteiger partial charge in [-0.15, -0.1) is 0 Å². The lowest BCUT2D eigenvalue weighted by Crippen LogP contribution is -2.41. The van der Waals surface area contributed by atoms with Gasteiger partial charge in [-0.2, -0.15) is 9.40 Å². The number of hydrogen-bond donors (Lipinski definition) is 2. The van der Waals surface area contributed by atoms with E-state index < -0.39 is 16.1 Å². The molecule has 0 bridgehead atoms. The molecule has 1 saturated heterocycles. The van der Waals surface area contributed by atoms with Gasteiger partial charge in [0.25, 0.3) is 10.0 Å². The fraction of sp³-hybridized carbons (Fsp3) is 0.700. The Labute approximate surface area is 106 Å². The van der Waals surface area contributed by atoms with Crippen LogP contribution in [-0.4, -0.2) is 72.3 Å². The van der Waals surface area contributed by atoms with Gasteiger partial charge >= 0.3 is 0 Å². The van der Waals surface area contributed by atoms with Crippen molar-refractivity contribution in [2.24, 2.45) is 0 Å². The van der Waals surface area contributed by atoms with Gasteiger partial charge in [-0.3, -0.25) is 5.10 Å². The Hall–Kier alpha value is -0.960. The number of aromatic nitrogens is 2. The van der Waals surface area contributed by atoms with Crippen molar-refractivity contribution in [3.05, 3.63) is 12.3 Å². The van der Waals surface area contributed by atoms with E-state index in [9.17, 15) is 13.5 Å². The van der Waals surface area contributed by atoms with Gasteiger partial charge in [0, 0.05) is 19.1 Å². The molecule has 1 aliphatic heterocycles. The van der Waals surface area contributed by atoms with Crippen LogP contribution in [0.5, 0.6) is 0 Å². The van der Waals surface area contributed by atoms with Crippen LogP contribution in [0.1, 0.15) is 6.42 Å². The molecule has 1 aromatic heterocycles. The molecule has 0 amide bonds. The standard InChI is InChI=1S/C10H18N4O3S/c1-13(2)6-8-5-9(15)7-14(8)18(16,17)10-3-4-11-12-10/h3-4,8-9,15H,5-7H2,1-2H3,(H,11,12). The van der Waals surface area contributed by atoms with Crippen LogP contribution in [0.15, 0.2) is 17.3 Å². The van der Waals surface area contributed by atoms with E-state index in [0.717, 1.165) is 0 Å². The van der Waals surface area contributed by atoms with Crippen LogP contribution in [0, 0.1) is 0 Å². The quantitative estimate of drug-likeness (QED) is 0.742. The van der Waals surface area contributed by atoms with E-state index in [-0.39, 0.29) is 17.6 Å². The van der Waals surface area contributed by atoms with Crippen molar-refractivity contribution in [3.63, 3.8) is 0 Å². The van der Waals surface area contributed by atoms with Gasteiger partial charge in [0.1, 0.15) is 0 Å². The normalized spacial score (nSPS) is 26.0. The second-order valence-electron chi connectivity index (χ2n) is 4.80. The molecule has 2 heterocycles. The van der Waals surface area contributed by atoms with Crippen LogP contribution < -0.4 is 0 Å². The smallest absolute Gasteiger partial charge is 0.260 e. The zero-order valence-corrected chi connectivity index (χ0v) is 11.3.